The number of hydrogen-bond acceptors (Lipinski definition) is 14. The molecule has 7 aliphatic rings. The van der Waals surface area contributed by atoms with Gasteiger partial charge in [0.1, 0.15) is 12.2 Å². The summed E-state index contributed by atoms with van der Waals surface area (Å²) < 4.78 is 23.4. The van der Waals surface area contributed by atoms with Crippen LogP contribution in [0, 0.1) is 23.7 Å². The first-order chi connectivity index (χ1) is 23.8. The van der Waals surface area contributed by atoms with E-state index in [9.17, 15) is 19.8 Å². The molecule has 12 nitrogen and oxygen atoms in total. The van der Waals surface area contributed by atoms with Crippen molar-refractivity contribution in [2.75, 3.05) is 0 Å². The molecule has 5 fully saturated rings. The van der Waals surface area contributed by atoms with Gasteiger partial charge in [-0.05, 0) is 90.2 Å². The number of rotatable bonds is 10. The minimum Gasteiger partial charge on any atom is -0.473 e. The minimum atomic E-state index is -1.43. The molecule has 0 saturated carbocycles. The third-order valence-electron chi connectivity index (χ3n) is 10.9. The molecule has 7 rings (SSSR count). The van der Waals surface area contributed by atoms with Crippen molar-refractivity contribution in [2.24, 2.45) is 23.7 Å². The maximum atomic E-state index is 15.2. The summed E-state index contributed by atoms with van der Waals surface area (Å²) in [6.45, 7) is 10.8. The number of piperazine rings is 1. The zero-order chi connectivity index (χ0) is 36.1. The lowest BCUT2D eigenvalue weighted by Crippen LogP contribution is -2.74. The minimum absolute atomic E-state index is 0.110. The van der Waals surface area contributed by atoms with Crippen molar-refractivity contribution >= 4 is 65.0 Å². The molecule has 0 unspecified atom stereocenters. The van der Waals surface area contributed by atoms with Gasteiger partial charge in [-0.15, -0.1) is 0 Å². The van der Waals surface area contributed by atoms with Crippen LogP contribution in [0.25, 0.3) is 0 Å². The Morgan fingerprint density at radius 2 is 1.16 bits per heavy atom. The van der Waals surface area contributed by atoms with Crippen LogP contribution in [0.5, 0.6) is 0 Å². The van der Waals surface area contributed by atoms with Crippen LogP contribution in [0.4, 0.5) is 0 Å². The molecule has 16 heteroatoms. The van der Waals surface area contributed by atoms with E-state index >= 15 is 9.59 Å². The summed E-state index contributed by atoms with van der Waals surface area (Å²) in [7, 11) is 5.32. The number of hydrogen-bond donors (Lipinski definition) is 2. The summed E-state index contributed by atoms with van der Waals surface area (Å²) in [6, 6.07) is -1.69. The van der Waals surface area contributed by atoms with Crippen LogP contribution in [0.1, 0.15) is 67.2 Å². The molecule has 0 aromatic carbocycles. The molecule has 274 valence electrons. The fourth-order valence-corrected chi connectivity index (χ4v) is 15.2. The van der Waals surface area contributed by atoms with Crippen molar-refractivity contribution in [3.05, 3.63) is 48.3 Å². The highest BCUT2D eigenvalue weighted by Crippen LogP contribution is 2.69. The predicted molar refractivity (Wildman–Crippen MR) is 192 cm³/mol. The molecule has 0 aliphatic carbocycles. The topological polar surface area (TPSA) is 152 Å². The fourth-order valence-electron chi connectivity index (χ4n) is 7.46. The number of amides is 2. The van der Waals surface area contributed by atoms with Gasteiger partial charge in [0.05, 0.1) is 61.2 Å². The molecule has 7 heterocycles. The van der Waals surface area contributed by atoms with Crippen molar-refractivity contribution in [2.45, 2.75) is 113 Å². The molecule has 0 radical (unpaired) electrons. The van der Waals surface area contributed by atoms with Gasteiger partial charge in [-0.25, -0.2) is 0 Å². The van der Waals surface area contributed by atoms with E-state index in [4.69, 9.17) is 18.9 Å². The molecule has 2 N–H and O–H groups in total. The lowest BCUT2D eigenvalue weighted by atomic mass is 9.91. The van der Waals surface area contributed by atoms with Gasteiger partial charge in [0.25, 0.3) is 11.8 Å². The predicted octanol–water partition coefficient (Wildman–Crippen LogP) is 5.05. The average molecular weight is 769 g/mol. The Morgan fingerprint density at radius 1 is 0.780 bits per heavy atom. The Hall–Kier alpha value is -2.24. The average Bonchev–Trinajstić information content (AvgIpc) is 3.46. The number of aliphatic hydroxyl groups excluding tert-OH is 2. The van der Waals surface area contributed by atoms with Crippen molar-refractivity contribution in [1.82, 2.24) is 9.80 Å². The monoisotopic (exact) mass is 768 g/mol. The van der Waals surface area contributed by atoms with Crippen molar-refractivity contribution in [1.29, 1.82) is 0 Å². The SMILES string of the molecule is CC[C@@H](C)[C@@H](O)[C@@H](C)C(=O)O[C@H]1C=COC=C2C[C@@]34SSSS[C@]5(CC6=COC=C[C@H](OC(=O)[C@H](C)[C@@H](O)[C@@H](C)CC)[C@H]6N5C3=O)C(=O)N4[C@@H]21. The van der Waals surface area contributed by atoms with Gasteiger partial charge >= 0.3 is 11.9 Å². The largest absolute Gasteiger partial charge is 0.473 e. The standard InChI is InChI=1S/C34H44N2O10S4/c1-7-17(3)27(37)19(5)29(39)45-23-9-11-43-15-21-13-33-32(42)36-26-22(14-34(36,48-50-49-47-33)31(41)35(33)25(21)23)16-44-12-10-24(26)46-30(40)20(6)28(38)18(4)8-2/h9-12,15-20,23-28,37-38H,7-8,13-14H2,1-6H3/t17-,18+,19-,20-,23+,24+,25+,26+,27-,28+,33-,34-/m1/s1. The second-order valence-corrected chi connectivity index (χ2v) is 20.1. The van der Waals surface area contributed by atoms with Crippen molar-refractivity contribution in [3.63, 3.8) is 0 Å². The summed E-state index contributed by atoms with van der Waals surface area (Å²) in [5.74, 6) is -3.84. The first-order valence-electron chi connectivity index (χ1n) is 17.0. The van der Waals surface area contributed by atoms with Crippen LogP contribution in [-0.4, -0.2) is 90.0 Å². The number of nitrogens with zero attached hydrogens (tertiary/aromatic N) is 2. The maximum Gasteiger partial charge on any atom is 0.311 e. The van der Waals surface area contributed by atoms with Crippen molar-refractivity contribution < 1.29 is 48.3 Å². The maximum absolute atomic E-state index is 15.2. The number of carbonyl (C=O) groups is 4. The zero-order valence-corrected chi connectivity index (χ0v) is 32.0. The van der Waals surface area contributed by atoms with Gasteiger partial charge in [0, 0.05) is 12.8 Å². The first-order valence-corrected chi connectivity index (χ1v) is 21.8. The van der Waals surface area contributed by atoms with E-state index in [1.807, 2.05) is 27.7 Å². The lowest BCUT2D eigenvalue weighted by molar-refractivity contribution is -0.174. The number of aliphatic hydroxyl groups is 2. The molecule has 2 bridgehead atoms. The number of esters is 2. The molecular formula is C34H44N2O10S4. The highest BCUT2D eigenvalue weighted by atomic mass is 33.7. The van der Waals surface area contributed by atoms with E-state index in [0.717, 1.165) is 0 Å². The second kappa shape index (κ2) is 14.6. The van der Waals surface area contributed by atoms with E-state index in [-0.39, 0.29) is 36.5 Å². The number of fused-ring (bicyclic) bond motifs is 5. The number of carbonyl (C=O) groups excluding carboxylic acids is 4. The quantitative estimate of drug-likeness (QED) is 0.225. The Bertz CT molecular complexity index is 1410. The van der Waals surface area contributed by atoms with Gasteiger partial charge in [-0.3, -0.25) is 19.2 Å². The summed E-state index contributed by atoms with van der Waals surface area (Å²) in [5.41, 5.74) is 1.23. The van der Waals surface area contributed by atoms with Crippen LogP contribution in [0.2, 0.25) is 0 Å². The molecule has 2 amide bonds. The first kappa shape index (κ1) is 37.5. The lowest BCUT2D eigenvalue weighted by Gasteiger charge is -2.55. The summed E-state index contributed by atoms with van der Waals surface area (Å²) in [6.07, 6.45) is 6.72. The Kier molecular flexibility index (Phi) is 11.0. The second-order valence-electron chi connectivity index (χ2n) is 13.9. The Morgan fingerprint density at radius 3 is 1.52 bits per heavy atom. The van der Waals surface area contributed by atoms with Gasteiger partial charge in [-0.1, -0.05) is 40.5 Å². The van der Waals surface area contributed by atoms with Crippen LogP contribution in [0.3, 0.4) is 0 Å². The highest BCUT2D eigenvalue weighted by molar-refractivity contribution is 9.26. The third-order valence-corrected chi connectivity index (χ3v) is 18.2. The molecule has 5 saturated heterocycles. The van der Waals surface area contributed by atoms with E-state index in [1.54, 1.807) is 35.8 Å². The Balaban J connectivity index is 1.35. The van der Waals surface area contributed by atoms with Crippen LogP contribution in [-0.2, 0) is 38.1 Å². The van der Waals surface area contributed by atoms with Crippen LogP contribution in [0.15, 0.2) is 48.3 Å². The highest BCUT2D eigenvalue weighted by Gasteiger charge is 2.75. The molecule has 12 atom stereocenters. The summed E-state index contributed by atoms with van der Waals surface area (Å²) >= 11 is 0. The zero-order valence-electron chi connectivity index (χ0n) is 28.8. The molecule has 7 aliphatic heterocycles. The van der Waals surface area contributed by atoms with Gasteiger partial charge in [0.15, 0.2) is 9.74 Å². The third kappa shape index (κ3) is 6.08. The van der Waals surface area contributed by atoms with Crippen LogP contribution >= 0.6 is 41.2 Å². The molecule has 0 aromatic rings. The normalized spacial score (nSPS) is 34.7. The Labute approximate surface area is 307 Å². The molecule has 2 spiro atoms. The van der Waals surface area contributed by atoms with Gasteiger partial charge < -0.3 is 39.0 Å². The van der Waals surface area contributed by atoms with Gasteiger partial charge in [0.2, 0.25) is 0 Å². The van der Waals surface area contributed by atoms with Crippen LogP contribution < -0.4 is 0 Å². The van der Waals surface area contributed by atoms with Gasteiger partial charge in [-0.2, -0.15) is 0 Å². The molecule has 50 heavy (non-hydrogen) atoms. The smallest absolute Gasteiger partial charge is 0.311 e. The number of ether oxygens (including phenoxy) is 4. The molecular weight excluding hydrogens is 725 g/mol. The van der Waals surface area contributed by atoms with E-state index in [2.05, 4.69) is 0 Å². The fraction of sp³-hybridized carbons (Fsp3) is 0.647. The van der Waals surface area contributed by atoms with Crippen molar-refractivity contribution in [3.8, 4) is 0 Å². The van der Waals surface area contributed by atoms with E-state index in [1.165, 1.54) is 66.3 Å². The van der Waals surface area contributed by atoms with E-state index < -0.39 is 70.0 Å². The van der Waals surface area contributed by atoms with E-state index in [0.29, 0.717) is 24.0 Å². The summed E-state index contributed by atoms with van der Waals surface area (Å²) in [5, 5.41) is 21.6. The summed E-state index contributed by atoms with van der Waals surface area (Å²) in [4.78, 5) is 57.6. The molecule has 0 aromatic heterocycles.